The van der Waals surface area contributed by atoms with Crippen molar-refractivity contribution in [3.8, 4) is 0 Å². The molecule has 3 rings (SSSR count). The van der Waals surface area contributed by atoms with Gasteiger partial charge in [0.15, 0.2) is 0 Å². The molecule has 2 heterocycles. The smallest absolute Gasteiger partial charge is 0.274 e. The molecule has 1 saturated carbocycles. The molecule has 1 N–H and O–H groups in total. The molecule has 0 radical (unpaired) electrons. The van der Waals surface area contributed by atoms with Crippen LogP contribution in [0.1, 0.15) is 69.1 Å². The number of nitrogens with one attached hydrogen (secondary N) is 1. The van der Waals surface area contributed by atoms with Crippen molar-refractivity contribution in [2.24, 2.45) is 17.8 Å². The van der Waals surface area contributed by atoms with E-state index in [-0.39, 0.29) is 5.91 Å². The van der Waals surface area contributed by atoms with Crippen molar-refractivity contribution < 1.29 is 4.79 Å². The minimum atomic E-state index is 0.134. The number of piperidine rings is 1. The number of likely N-dealkylation sites (tertiary alicyclic amines) is 1. The van der Waals surface area contributed by atoms with E-state index >= 15 is 0 Å². The second-order valence-electron chi connectivity index (χ2n) is 7.66. The predicted octanol–water partition coefficient (Wildman–Crippen LogP) is 3.65. The molecular formula is C18H29N3O. The third kappa shape index (κ3) is 3.06. The van der Waals surface area contributed by atoms with Crippen LogP contribution in [0.4, 0.5) is 0 Å². The van der Waals surface area contributed by atoms with Crippen molar-refractivity contribution in [1.82, 2.24) is 15.1 Å². The summed E-state index contributed by atoms with van der Waals surface area (Å²) >= 11 is 0. The minimum absolute atomic E-state index is 0.134. The van der Waals surface area contributed by atoms with Crippen molar-refractivity contribution in [2.45, 2.75) is 65.3 Å². The topological polar surface area (TPSA) is 49.0 Å². The van der Waals surface area contributed by atoms with Gasteiger partial charge in [-0.15, -0.1) is 0 Å². The highest BCUT2D eigenvalue weighted by atomic mass is 16.2. The van der Waals surface area contributed by atoms with Gasteiger partial charge in [-0.2, -0.15) is 5.10 Å². The molecule has 1 aromatic heterocycles. The lowest BCUT2D eigenvalue weighted by Crippen LogP contribution is -2.52. The third-order valence-corrected chi connectivity index (χ3v) is 5.48. The molecule has 3 atom stereocenters. The zero-order valence-corrected chi connectivity index (χ0v) is 14.1. The normalized spacial score (nSPS) is 28.7. The van der Waals surface area contributed by atoms with Gasteiger partial charge >= 0.3 is 0 Å². The number of nitrogens with zero attached hydrogens (tertiary/aromatic N) is 2. The lowest BCUT2D eigenvalue weighted by Gasteiger charge is -2.47. The molecule has 1 saturated heterocycles. The summed E-state index contributed by atoms with van der Waals surface area (Å²) in [6.07, 6.45) is 7.13. The predicted molar refractivity (Wildman–Crippen MR) is 87.7 cm³/mol. The van der Waals surface area contributed by atoms with Gasteiger partial charge in [0, 0.05) is 18.3 Å². The van der Waals surface area contributed by atoms with Crippen LogP contribution in [0.3, 0.4) is 0 Å². The SMILES string of the molecule is CC(C)Cc1cc(C(=O)N2CCC(C)C3CCCCC32)n[nH]1. The first-order valence-electron chi connectivity index (χ1n) is 8.91. The maximum atomic E-state index is 12.9. The number of rotatable bonds is 3. The number of hydrogen-bond acceptors (Lipinski definition) is 2. The molecule has 1 amide bonds. The first kappa shape index (κ1) is 15.6. The molecular weight excluding hydrogens is 274 g/mol. The van der Waals surface area contributed by atoms with E-state index < -0.39 is 0 Å². The van der Waals surface area contributed by atoms with Crippen LogP contribution in [0.2, 0.25) is 0 Å². The molecule has 122 valence electrons. The van der Waals surface area contributed by atoms with Crippen LogP contribution in [-0.2, 0) is 6.42 Å². The Labute approximate surface area is 133 Å². The van der Waals surface area contributed by atoms with Crippen molar-refractivity contribution in [2.75, 3.05) is 6.54 Å². The van der Waals surface area contributed by atoms with Crippen molar-refractivity contribution in [3.63, 3.8) is 0 Å². The van der Waals surface area contributed by atoms with Gasteiger partial charge in [-0.1, -0.05) is 33.6 Å². The number of hydrogen-bond donors (Lipinski definition) is 1. The standard InChI is InChI=1S/C18H29N3O/c1-12(2)10-14-11-16(20-19-14)18(22)21-9-8-13(3)15-6-4-5-7-17(15)21/h11-13,15,17H,4-10H2,1-3H3,(H,19,20). The van der Waals surface area contributed by atoms with Crippen LogP contribution in [-0.4, -0.2) is 33.6 Å². The van der Waals surface area contributed by atoms with Gasteiger partial charge in [-0.25, -0.2) is 0 Å². The monoisotopic (exact) mass is 303 g/mol. The van der Waals surface area contributed by atoms with Gasteiger partial charge in [0.1, 0.15) is 5.69 Å². The van der Waals surface area contributed by atoms with Crippen molar-refractivity contribution in [3.05, 3.63) is 17.5 Å². The Bertz CT molecular complexity index is 522. The zero-order valence-electron chi connectivity index (χ0n) is 14.1. The van der Waals surface area contributed by atoms with Crippen LogP contribution < -0.4 is 0 Å². The molecule has 1 aliphatic heterocycles. The largest absolute Gasteiger partial charge is 0.334 e. The number of aromatic amines is 1. The summed E-state index contributed by atoms with van der Waals surface area (Å²) < 4.78 is 0. The molecule has 1 aromatic rings. The van der Waals surface area contributed by atoms with Crippen LogP contribution in [0.5, 0.6) is 0 Å². The molecule has 4 nitrogen and oxygen atoms in total. The summed E-state index contributed by atoms with van der Waals surface area (Å²) in [5.41, 5.74) is 1.68. The van der Waals surface area contributed by atoms with Gasteiger partial charge < -0.3 is 4.90 Å². The first-order valence-corrected chi connectivity index (χ1v) is 8.91. The van der Waals surface area contributed by atoms with E-state index in [0.717, 1.165) is 31.0 Å². The summed E-state index contributed by atoms with van der Waals surface area (Å²) in [4.78, 5) is 15.0. The Morgan fingerprint density at radius 3 is 2.91 bits per heavy atom. The highest BCUT2D eigenvalue weighted by Gasteiger charge is 2.40. The Kier molecular flexibility index (Phi) is 4.55. The minimum Gasteiger partial charge on any atom is -0.334 e. The maximum absolute atomic E-state index is 12.9. The van der Waals surface area contributed by atoms with Crippen LogP contribution in [0.25, 0.3) is 0 Å². The number of carbonyl (C=O) groups excluding carboxylic acids is 1. The second kappa shape index (κ2) is 6.43. The molecule has 2 aliphatic rings. The Morgan fingerprint density at radius 1 is 1.36 bits per heavy atom. The van der Waals surface area contributed by atoms with Gasteiger partial charge in [0.2, 0.25) is 0 Å². The number of aromatic nitrogens is 2. The summed E-state index contributed by atoms with van der Waals surface area (Å²) in [5, 5.41) is 7.33. The first-order chi connectivity index (χ1) is 10.6. The molecule has 1 aliphatic carbocycles. The fourth-order valence-corrected chi connectivity index (χ4v) is 4.33. The highest BCUT2D eigenvalue weighted by Crippen LogP contribution is 2.39. The summed E-state index contributed by atoms with van der Waals surface area (Å²) in [5.74, 6) is 2.16. The third-order valence-electron chi connectivity index (χ3n) is 5.48. The number of carbonyl (C=O) groups is 1. The quantitative estimate of drug-likeness (QED) is 0.926. The summed E-state index contributed by atoms with van der Waals surface area (Å²) in [6.45, 7) is 7.62. The molecule has 3 unspecified atom stereocenters. The van der Waals surface area contributed by atoms with Gasteiger partial charge in [-0.3, -0.25) is 9.89 Å². The van der Waals surface area contributed by atoms with E-state index in [9.17, 15) is 4.79 Å². The van der Waals surface area contributed by atoms with E-state index in [2.05, 4.69) is 35.9 Å². The van der Waals surface area contributed by atoms with E-state index in [1.54, 1.807) is 0 Å². The molecule has 0 spiro atoms. The average Bonchev–Trinajstić information content (AvgIpc) is 2.95. The maximum Gasteiger partial charge on any atom is 0.274 e. The van der Waals surface area contributed by atoms with Gasteiger partial charge in [-0.05, 0) is 49.5 Å². The Morgan fingerprint density at radius 2 is 2.14 bits per heavy atom. The Balaban J connectivity index is 1.74. The average molecular weight is 303 g/mol. The lowest BCUT2D eigenvalue weighted by atomic mass is 9.72. The van der Waals surface area contributed by atoms with E-state index in [1.807, 2.05) is 6.07 Å². The van der Waals surface area contributed by atoms with E-state index in [0.29, 0.717) is 23.6 Å². The number of amides is 1. The van der Waals surface area contributed by atoms with E-state index in [1.165, 1.54) is 25.7 Å². The number of H-pyrrole nitrogens is 1. The summed E-state index contributed by atoms with van der Waals surface area (Å²) in [6, 6.07) is 2.40. The van der Waals surface area contributed by atoms with Crippen LogP contribution >= 0.6 is 0 Å². The van der Waals surface area contributed by atoms with Crippen molar-refractivity contribution in [1.29, 1.82) is 0 Å². The molecule has 0 bridgehead atoms. The Hall–Kier alpha value is -1.32. The lowest BCUT2D eigenvalue weighted by molar-refractivity contribution is 0.0213. The fourth-order valence-electron chi connectivity index (χ4n) is 4.33. The van der Waals surface area contributed by atoms with Gasteiger partial charge in [0.25, 0.3) is 5.91 Å². The fraction of sp³-hybridized carbons (Fsp3) is 0.778. The van der Waals surface area contributed by atoms with Crippen LogP contribution in [0, 0.1) is 17.8 Å². The molecule has 0 aromatic carbocycles. The molecule has 2 fully saturated rings. The second-order valence-corrected chi connectivity index (χ2v) is 7.66. The highest BCUT2D eigenvalue weighted by molar-refractivity contribution is 5.92. The van der Waals surface area contributed by atoms with Gasteiger partial charge in [0.05, 0.1) is 0 Å². The molecule has 22 heavy (non-hydrogen) atoms. The zero-order chi connectivity index (χ0) is 15.7. The van der Waals surface area contributed by atoms with E-state index in [4.69, 9.17) is 0 Å². The van der Waals surface area contributed by atoms with Crippen LogP contribution in [0.15, 0.2) is 6.07 Å². The van der Waals surface area contributed by atoms with Crippen molar-refractivity contribution >= 4 is 5.91 Å². The molecule has 4 heteroatoms. The summed E-state index contributed by atoms with van der Waals surface area (Å²) in [7, 11) is 0. The number of fused-ring (bicyclic) bond motifs is 1.